The largest absolute Gasteiger partial charge is 0.378 e. The van der Waals surface area contributed by atoms with Crippen LogP contribution in [0.15, 0.2) is 24.3 Å². The Bertz CT molecular complexity index is 477. The molecule has 0 unspecified atom stereocenters. The number of nitrogen functional groups attached to an aromatic ring is 2. The van der Waals surface area contributed by atoms with Crippen LogP contribution < -0.4 is 16.9 Å². The van der Waals surface area contributed by atoms with Gasteiger partial charge in [0, 0.05) is 10.7 Å². The third-order valence-corrected chi connectivity index (χ3v) is 2.34. The van der Waals surface area contributed by atoms with Crippen molar-refractivity contribution in [1.82, 2.24) is 14.9 Å². The van der Waals surface area contributed by atoms with Crippen molar-refractivity contribution in [2.24, 2.45) is 0 Å². The summed E-state index contributed by atoms with van der Waals surface area (Å²) in [6, 6.07) is 7.32. The van der Waals surface area contributed by atoms with E-state index in [0.717, 1.165) is 5.69 Å². The van der Waals surface area contributed by atoms with Crippen molar-refractivity contribution in [1.29, 1.82) is 0 Å². The Morgan fingerprint density at radius 2 is 1.94 bits per heavy atom. The third kappa shape index (κ3) is 2.17. The molecular formula is C9H11ClN6. The van der Waals surface area contributed by atoms with Crippen molar-refractivity contribution in [3.63, 3.8) is 0 Å². The molecule has 1 aromatic carbocycles. The molecular weight excluding hydrogens is 228 g/mol. The predicted molar refractivity (Wildman–Crippen MR) is 63.4 cm³/mol. The van der Waals surface area contributed by atoms with Gasteiger partial charge in [0.2, 0.25) is 5.95 Å². The van der Waals surface area contributed by atoms with Gasteiger partial charge in [-0.3, -0.25) is 0 Å². The standard InChI is InChI=1S/C9H11ClN6/c10-6-1-3-7(4-2-6)13-5-8-14-15-9(11)16(8)12/h1-4,13H,5,12H2,(H2,11,15). The van der Waals surface area contributed by atoms with Crippen LogP contribution in [-0.2, 0) is 6.54 Å². The number of nitrogens with two attached hydrogens (primary N) is 2. The summed E-state index contributed by atoms with van der Waals surface area (Å²) in [5.74, 6) is 6.35. The molecule has 0 saturated heterocycles. The van der Waals surface area contributed by atoms with Crippen molar-refractivity contribution in [2.45, 2.75) is 6.54 Å². The van der Waals surface area contributed by atoms with Crippen molar-refractivity contribution in [3.05, 3.63) is 35.1 Å². The zero-order valence-electron chi connectivity index (χ0n) is 8.39. The highest BCUT2D eigenvalue weighted by Crippen LogP contribution is 2.13. The average molecular weight is 239 g/mol. The van der Waals surface area contributed by atoms with Crippen molar-refractivity contribution in [2.75, 3.05) is 16.9 Å². The number of hydrogen-bond acceptors (Lipinski definition) is 5. The van der Waals surface area contributed by atoms with E-state index in [1.54, 1.807) is 12.1 Å². The zero-order valence-corrected chi connectivity index (χ0v) is 9.15. The van der Waals surface area contributed by atoms with E-state index in [4.69, 9.17) is 23.2 Å². The Labute approximate surface area is 97.2 Å². The molecule has 0 spiro atoms. The molecule has 0 fully saturated rings. The van der Waals surface area contributed by atoms with E-state index in [0.29, 0.717) is 17.4 Å². The lowest BCUT2D eigenvalue weighted by molar-refractivity contribution is 0.866. The molecule has 1 heterocycles. The minimum Gasteiger partial charge on any atom is -0.378 e. The molecule has 0 aliphatic rings. The Morgan fingerprint density at radius 3 is 2.50 bits per heavy atom. The van der Waals surface area contributed by atoms with Crippen LogP contribution >= 0.6 is 11.6 Å². The predicted octanol–water partition coefficient (Wildman–Crippen LogP) is 0.840. The lowest BCUT2D eigenvalue weighted by atomic mass is 10.3. The maximum atomic E-state index is 5.77. The van der Waals surface area contributed by atoms with Crippen LogP contribution in [0.5, 0.6) is 0 Å². The fourth-order valence-electron chi connectivity index (χ4n) is 1.21. The van der Waals surface area contributed by atoms with Gasteiger partial charge in [-0.25, -0.2) is 4.68 Å². The summed E-state index contributed by atoms with van der Waals surface area (Å²) >= 11 is 5.77. The Kier molecular flexibility index (Phi) is 2.82. The summed E-state index contributed by atoms with van der Waals surface area (Å²) < 4.78 is 1.24. The molecule has 0 bridgehead atoms. The van der Waals surface area contributed by atoms with E-state index in [2.05, 4.69) is 15.5 Å². The summed E-state index contributed by atoms with van der Waals surface area (Å²) in [4.78, 5) is 0. The van der Waals surface area contributed by atoms with Crippen LogP contribution in [0.3, 0.4) is 0 Å². The number of nitrogens with one attached hydrogen (secondary N) is 1. The molecule has 16 heavy (non-hydrogen) atoms. The quantitative estimate of drug-likeness (QED) is 0.689. The highest BCUT2D eigenvalue weighted by Gasteiger charge is 2.05. The van der Waals surface area contributed by atoms with Crippen LogP contribution in [0.25, 0.3) is 0 Å². The van der Waals surface area contributed by atoms with Crippen LogP contribution in [0.2, 0.25) is 5.02 Å². The van der Waals surface area contributed by atoms with Crippen LogP contribution in [0.1, 0.15) is 5.82 Å². The molecule has 0 atom stereocenters. The van der Waals surface area contributed by atoms with Gasteiger partial charge < -0.3 is 16.9 Å². The second-order valence-corrected chi connectivity index (χ2v) is 3.64. The first-order chi connectivity index (χ1) is 7.66. The van der Waals surface area contributed by atoms with Gasteiger partial charge in [0.15, 0.2) is 5.82 Å². The lowest BCUT2D eigenvalue weighted by Gasteiger charge is -2.05. The maximum Gasteiger partial charge on any atom is 0.240 e. The van der Waals surface area contributed by atoms with E-state index in [9.17, 15) is 0 Å². The first-order valence-corrected chi connectivity index (χ1v) is 4.99. The van der Waals surface area contributed by atoms with Gasteiger partial charge in [-0.1, -0.05) is 11.6 Å². The van der Waals surface area contributed by atoms with Crippen molar-refractivity contribution in [3.8, 4) is 0 Å². The summed E-state index contributed by atoms with van der Waals surface area (Å²) in [5.41, 5.74) is 6.37. The van der Waals surface area contributed by atoms with Gasteiger partial charge in [0.05, 0.1) is 6.54 Å². The number of nitrogens with zero attached hydrogens (tertiary/aromatic N) is 3. The van der Waals surface area contributed by atoms with Crippen LogP contribution in [0, 0.1) is 0 Å². The summed E-state index contributed by atoms with van der Waals surface area (Å²) in [6.45, 7) is 0.447. The fourth-order valence-corrected chi connectivity index (χ4v) is 1.33. The minimum absolute atomic E-state index is 0.188. The molecule has 0 aliphatic heterocycles. The summed E-state index contributed by atoms with van der Waals surface area (Å²) in [6.07, 6.45) is 0. The molecule has 84 valence electrons. The Morgan fingerprint density at radius 1 is 1.25 bits per heavy atom. The average Bonchev–Trinajstić information content (AvgIpc) is 2.60. The minimum atomic E-state index is 0.188. The fraction of sp³-hybridized carbons (Fsp3) is 0.111. The number of halogens is 1. The van der Waals surface area contributed by atoms with Gasteiger partial charge >= 0.3 is 0 Å². The van der Waals surface area contributed by atoms with Crippen LogP contribution in [0.4, 0.5) is 11.6 Å². The number of rotatable bonds is 3. The normalized spacial score (nSPS) is 10.3. The molecule has 2 rings (SSSR count). The lowest BCUT2D eigenvalue weighted by Crippen LogP contribution is -2.17. The molecule has 0 aliphatic carbocycles. The monoisotopic (exact) mass is 238 g/mol. The first kappa shape index (κ1) is 10.6. The van der Waals surface area contributed by atoms with E-state index < -0.39 is 0 Å². The Hall–Kier alpha value is -1.95. The van der Waals surface area contributed by atoms with Gasteiger partial charge in [-0.15, -0.1) is 10.2 Å². The third-order valence-electron chi connectivity index (χ3n) is 2.09. The summed E-state index contributed by atoms with van der Waals surface area (Å²) in [5, 5.41) is 11.3. The number of hydrogen-bond donors (Lipinski definition) is 3. The molecule has 1 aromatic heterocycles. The molecule has 5 N–H and O–H groups in total. The van der Waals surface area contributed by atoms with E-state index in [-0.39, 0.29) is 5.95 Å². The molecule has 0 amide bonds. The van der Waals surface area contributed by atoms with E-state index in [1.165, 1.54) is 4.68 Å². The number of anilines is 2. The highest BCUT2D eigenvalue weighted by atomic mass is 35.5. The number of benzene rings is 1. The smallest absolute Gasteiger partial charge is 0.240 e. The van der Waals surface area contributed by atoms with Gasteiger partial charge in [-0.05, 0) is 24.3 Å². The molecule has 0 radical (unpaired) electrons. The van der Waals surface area contributed by atoms with E-state index >= 15 is 0 Å². The SMILES string of the molecule is Nc1nnc(CNc2ccc(Cl)cc2)n1N. The van der Waals surface area contributed by atoms with Gasteiger partial charge in [-0.2, -0.15) is 0 Å². The highest BCUT2D eigenvalue weighted by molar-refractivity contribution is 6.30. The van der Waals surface area contributed by atoms with Crippen molar-refractivity contribution < 1.29 is 0 Å². The Balaban J connectivity index is 2.02. The molecule has 7 heteroatoms. The molecule has 2 aromatic rings. The second-order valence-electron chi connectivity index (χ2n) is 3.20. The topological polar surface area (TPSA) is 94.8 Å². The first-order valence-electron chi connectivity index (χ1n) is 4.61. The molecule has 0 saturated carbocycles. The maximum absolute atomic E-state index is 5.77. The number of aromatic nitrogens is 3. The van der Waals surface area contributed by atoms with Crippen molar-refractivity contribution >= 4 is 23.2 Å². The van der Waals surface area contributed by atoms with Gasteiger partial charge in [0.1, 0.15) is 0 Å². The molecule has 6 nitrogen and oxygen atoms in total. The van der Waals surface area contributed by atoms with Crippen LogP contribution in [-0.4, -0.2) is 14.9 Å². The van der Waals surface area contributed by atoms with E-state index in [1.807, 2.05) is 12.1 Å². The van der Waals surface area contributed by atoms with Gasteiger partial charge in [0.25, 0.3) is 0 Å². The second kappa shape index (κ2) is 4.28. The summed E-state index contributed by atoms with van der Waals surface area (Å²) in [7, 11) is 0. The zero-order chi connectivity index (χ0) is 11.5.